The Bertz CT molecular complexity index is 322. The second kappa shape index (κ2) is 5.22. The molecule has 16 heavy (non-hydrogen) atoms. The molecule has 4 nitrogen and oxygen atoms in total. The van der Waals surface area contributed by atoms with Crippen LogP contribution in [0.2, 0.25) is 0 Å². The quantitative estimate of drug-likeness (QED) is 0.516. The van der Waals surface area contributed by atoms with Crippen LogP contribution in [-0.2, 0) is 9.57 Å². The maximum atomic E-state index is 5.35. The van der Waals surface area contributed by atoms with E-state index in [9.17, 15) is 0 Å². The summed E-state index contributed by atoms with van der Waals surface area (Å²) in [4.78, 5) is 4.82. The lowest BCUT2D eigenvalue weighted by molar-refractivity contribution is -0.890. The third-order valence-electron chi connectivity index (χ3n) is 3.12. The zero-order valence-corrected chi connectivity index (χ0v) is 9.87. The van der Waals surface area contributed by atoms with Crippen molar-refractivity contribution >= 4 is 5.90 Å². The van der Waals surface area contributed by atoms with Crippen molar-refractivity contribution in [2.24, 2.45) is 5.16 Å². The summed E-state index contributed by atoms with van der Waals surface area (Å²) in [7, 11) is 2.28. The summed E-state index contributed by atoms with van der Waals surface area (Å²) < 4.78 is 6.44. The minimum atomic E-state index is 0.433. The Morgan fingerprint density at radius 2 is 2.19 bits per heavy atom. The summed E-state index contributed by atoms with van der Waals surface area (Å²) in [5.41, 5.74) is 0. The Morgan fingerprint density at radius 3 is 2.88 bits per heavy atom. The van der Waals surface area contributed by atoms with Crippen LogP contribution in [0.4, 0.5) is 0 Å². The van der Waals surface area contributed by atoms with Crippen LogP contribution in [0.1, 0.15) is 19.3 Å². The highest BCUT2D eigenvalue weighted by atomic mass is 16.7. The fraction of sp³-hybridized carbons (Fsp3) is 0.750. The molecule has 2 aliphatic heterocycles. The van der Waals surface area contributed by atoms with Crippen molar-refractivity contribution in [1.29, 1.82) is 0 Å². The highest BCUT2D eigenvalue weighted by Crippen LogP contribution is 2.14. The monoisotopic (exact) mass is 223 g/mol. The second-order valence-corrected chi connectivity index (χ2v) is 4.64. The van der Waals surface area contributed by atoms with Crippen molar-refractivity contribution in [3.05, 3.63) is 0 Å². The van der Waals surface area contributed by atoms with Crippen LogP contribution in [0.3, 0.4) is 0 Å². The van der Waals surface area contributed by atoms with Crippen molar-refractivity contribution < 1.29 is 14.1 Å². The first-order valence-electron chi connectivity index (χ1n) is 5.89. The molecule has 0 atom stereocenters. The fourth-order valence-corrected chi connectivity index (χ4v) is 2.07. The number of quaternary nitrogens is 1. The van der Waals surface area contributed by atoms with E-state index >= 15 is 0 Å². The van der Waals surface area contributed by atoms with E-state index in [1.54, 1.807) is 0 Å². The SMILES string of the molecule is C[N+]1(CC#CCOC2=NOCC2)CCCC1. The van der Waals surface area contributed by atoms with Gasteiger partial charge in [0.05, 0.1) is 26.6 Å². The van der Waals surface area contributed by atoms with E-state index < -0.39 is 0 Å². The van der Waals surface area contributed by atoms with Gasteiger partial charge in [-0.15, -0.1) is 0 Å². The molecule has 2 aliphatic rings. The average molecular weight is 223 g/mol. The number of nitrogens with zero attached hydrogens (tertiary/aromatic N) is 2. The number of likely N-dealkylation sites (tertiary alicyclic amines) is 1. The van der Waals surface area contributed by atoms with Gasteiger partial charge in [0.2, 0.25) is 5.90 Å². The Kier molecular flexibility index (Phi) is 3.68. The summed E-state index contributed by atoms with van der Waals surface area (Å²) >= 11 is 0. The zero-order chi connectivity index (χ0) is 11.3. The molecule has 0 amide bonds. The molecule has 2 heterocycles. The van der Waals surface area contributed by atoms with Crippen LogP contribution >= 0.6 is 0 Å². The molecule has 0 saturated carbocycles. The normalized spacial score (nSPS) is 21.9. The predicted octanol–water partition coefficient (Wildman–Crippen LogP) is 0.981. The molecule has 0 aliphatic carbocycles. The predicted molar refractivity (Wildman–Crippen MR) is 61.8 cm³/mol. The maximum absolute atomic E-state index is 5.35. The maximum Gasteiger partial charge on any atom is 0.230 e. The van der Waals surface area contributed by atoms with E-state index in [1.165, 1.54) is 25.9 Å². The number of hydrogen-bond donors (Lipinski definition) is 0. The van der Waals surface area contributed by atoms with Crippen LogP contribution in [0, 0.1) is 11.8 Å². The smallest absolute Gasteiger partial charge is 0.230 e. The highest BCUT2D eigenvalue weighted by Gasteiger charge is 2.25. The Labute approximate surface area is 96.8 Å². The summed E-state index contributed by atoms with van der Waals surface area (Å²) in [5.74, 6) is 6.91. The number of ether oxygens (including phenoxy) is 1. The minimum Gasteiger partial charge on any atom is -0.465 e. The van der Waals surface area contributed by atoms with Crippen molar-refractivity contribution in [1.82, 2.24) is 0 Å². The van der Waals surface area contributed by atoms with Gasteiger partial charge in [-0.2, -0.15) is 0 Å². The lowest BCUT2D eigenvalue weighted by Crippen LogP contribution is -2.40. The zero-order valence-electron chi connectivity index (χ0n) is 9.87. The van der Waals surface area contributed by atoms with Gasteiger partial charge in [0.1, 0.15) is 13.2 Å². The van der Waals surface area contributed by atoms with Crippen molar-refractivity contribution in [2.45, 2.75) is 19.3 Å². The number of oxime groups is 1. The van der Waals surface area contributed by atoms with Gasteiger partial charge in [0, 0.05) is 12.8 Å². The lowest BCUT2D eigenvalue weighted by Gasteiger charge is -2.26. The first-order valence-corrected chi connectivity index (χ1v) is 5.89. The molecule has 88 valence electrons. The molecule has 0 bridgehead atoms. The van der Waals surface area contributed by atoms with E-state index in [4.69, 9.17) is 9.57 Å². The highest BCUT2D eigenvalue weighted by molar-refractivity contribution is 5.76. The van der Waals surface area contributed by atoms with Crippen LogP contribution in [0.25, 0.3) is 0 Å². The molecule has 2 rings (SSSR count). The van der Waals surface area contributed by atoms with Crippen LogP contribution in [0.15, 0.2) is 5.16 Å². The van der Waals surface area contributed by atoms with Gasteiger partial charge in [-0.3, -0.25) is 0 Å². The number of hydrogen-bond acceptors (Lipinski definition) is 3. The Balaban J connectivity index is 1.65. The molecule has 0 aromatic rings. The lowest BCUT2D eigenvalue weighted by atomic mass is 10.4. The number of rotatable bonds is 2. The van der Waals surface area contributed by atoms with Crippen molar-refractivity contribution in [2.75, 3.05) is 39.9 Å². The third-order valence-corrected chi connectivity index (χ3v) is 3.12. The van der Waals surface area contributed by atoms with E-state index in [2.05, 4.69) is 24.0 Å². The molecular weight excluding hydrogens is 204 g/mol. The van der Waals surface area contributed by atoms with Gasteiger partial charge >= 0.3 is 0 Å². The standard InChI is InChI=1S/C12H19N2O2/c1-14(7-2-3-8-14)9-4-5-10-15-12-6-11-16-13-12/h2-3,6-11H2,1H3/q+1. The first kappa shape index (κ1) is 11.3. The Hall–Kier alpha value is -1.21. The van der Waals surface area contributed by atoms with E-state index in [0.717, 1.165) is 17.4 Å². The van der Waals surface area contributed by atoms with E-state index in [0.29, 0.717) is 19.1 Å². The molecule has 0 spiro atoms. The summed E-state index contributed by atoms with van der Waals surface area (Å²) in [6.07, 6.45) is 3.45. The largest absolute Gasteiger partial charge is 0.465 e. The molecule has 0 N–H and O–H groups in total. The summed E-state index contributed by atoms with van der Waals surface area (Å²) in [6, 6.07) is 0. The fourth-order valence-electron chi connectivity index (χ4n) is 2.07. The molecule has 1 saturated heterocycles. The van der Waals surface area contributed by atoms with Gasteiger partial charge < -0.3 is 14.1 Å². The van der Waals surface area contributed by atoms with Gasteiger partial charge in [-0.05, 0) is 5.92 Å². The van der Waals surface area contributed by atoms with Gasteiger partial charge in [-0.25, -0.2) is 0 Å². The van der Waals surface area contributed by atoms with E-state index in [1.807, 2.05) is 0 Å². The molecule has 1 fully saturated rings. The molecule has 0 aromatic heterocycles. The van der Waals surface area contributed by atoms with Crippen LogP contribution in [-0.4, -0.2) is 50.3 Å². The van der Waals surface area contributed by atoms with Crippen molar-refractivity contribution in [3.63, 3.8) is 0 Å². The molecular formula is C12H19N2O2+. The molecule has 0 radical (unpaired) electrons. The van der Waals surface area contributed by atoms with Crippen LogP contribution < -0.4 is 0 Å². The Morgan fingerprint density at radius 1 is 1.38 bits per heavy atom. The molecule has 0 unspecified atom stereocenters. The third kappa shape index (κ3) is 3.14. The average Bonchev–Trinajstić information content (AvgIpc) is 2.89. The first-order chi connectivity index (χ1) is 7.79. The molecule has 0 aromatic carbocycles. The second-order valence-electron chi connectivity index (χ2n) is 4.64. The van der Waals surface area contributed by atoms with Gasteiger partial charge in [0.15, 0.2) is 6.61 Å². The minimum absolute atomic E-state index is 0.433. The van der Waals surface area contributed by atoms with Gasteiger partial charge in [0.25, 0.3) is 0 Å². The van der Waals surface area contributed by atoms with Crippen LogP contribution in [0.5, 0.6) is 0 Å². The summed E-state index contributed by atoms with van der Waals surface area (Å²) in [5, 5.41) is 3.75. The van der Waals surface area contributed by atoms with Gasteiger partial charge in [-0.1, -0.05) is 11.1 Å². The summed E-state index contributed by atoms with van der Waals surface area (Å²) in [6.45, 7) is 4.53. The molecule has 4 heteroatoms. The topological polar surface area (TPSA) is 30.8 Å². The van der Waals surface area contributed by atoms with Crippen molar-refractivity contribution in [3.8, 4) is 11.8 Å². The van der Waals surface area contributed by atoms with E-state index in [-0.39, 0.29) is 0 Å².